The second-order valence-corrected chi connectivity index (χ2v) is 10.1. The lowest BCUT2D eigenvalue weighted by atomic mass is 10.0. The van der Waals surface area contributed by atoms with Crippen molar-refractivity contribution >= 4 is 33.2 Å². The highest BCUT2D eigenvalue weighted by atomic mass is 35.5. The highest BCUT2D eigenvalue weighted by Crippen LogP contribution is 2.24. The van der Waals surface area contributed by atoms with Crippen molar-refractivity contribution < 1.29 is 13.2 Å². The minimum Gasteiger partial charge on any atom is -0.345 e. The van der Waals surface area contributed by atoms with Crippen LogP contribution in [0.4, 0.5) is 5.69 Å². The number of nitrogens with one attached hydrogen (secondary N) is 1. The first-order valence-electron chi connectivity index (χ1n) is 10.4. The maximum Gasteiger partial charge on any atom is 0.251 e. The van der Waals surface area contributed by atoms with Crippen molar-refractivity contribution in [2.45, 2.75) is 32.9 Å². The van der Waals surface area contributed by atoms with E-state index in [2.05, 4.69) is 5.32 Å². The van der Waals surface area contributed by atoms with Crippen LogP contribution in [0.3, 0.4) is 0 Å². The van der Waals surface area contributed by atoms with Crippen molar-refractivity contribution in [1.82, 2.24) is 5.32 Å². The second-order valence-electron chi connectivity index (χ2n) is 7.79. The molecule has 3 aromatic carbocycles. The molecule has 1 atom stereocenters. The number of hydrogen-bond acceptors (Lipinski definition) is 3. The number of carbonyl (C=O) groups is 1. The van der Waals surface area contributed by atoms with Crippen LogP contribution in [0.15, 0.2) is 72.8 Å². The first-order chi connectivity index (χ1) is 15.2. The first-order valence-corrected chi connectivity index (χ1v) is 12.6. The topological polar surface area (TPSA) is 66.5 Å². The third-order valence-corrected chi connectivity index (χ3v) is 6.61. The SMILES string of the molecule is CC[C@@H](NC(=O)c1ccc(CN(c2cccc(Cl)c2)S(C)(=O)=O)cc1)c1ccc(C)cc1. The van der Waals surface area contributed by atoms with E-state index in [9.17, 15) is 13.2 Å². The molecule has 0 unspecified atom stereocenters. The van der Waals surface area contributed by atoms with Crippen LogP contribution in [0.2, 0.25) is 5.02 Å². The lowest BCUT2D eigenvalue weighted by Crippen LogP contribution is -2.29. The number of aryl methyl sites for hydroxylation is 1. The number of sulfonamides is 1. The highest BCUT2D eigenvalue weighted by Gasteiger charge is 2.19. The molecule has 0 saturated carbocycles. The monoisotopic (exact) mass is 470 g/mol. The van der Waals surface area contributed by atoms with E-state index in [1.807, 2.05) is 38.1 Å². The maximum atomic E-state index is 12.8. The summed E-state index contributed by atoms with van der Waals surface area (Å²) in [6, 6.07) is 21.7. The van der Waals surface area contributed by atoms with Gasteiger partial charge >= 0.3 is 0 Å². The number of nitrogens with zero attached hydrogens (tertiary/aromatic N) is 1. The Kier molecular flexibility index (Phi) is 7.59. The quantitative estimate of drug-likeness (QED) is 0.473. The third-order valence-electron chi connectivity index (χ3n) is 5.23. The molecular weight excluding hydrogens is 444 g/mol. The Morgan fingerprint density at radius 2 is 1.69 bits per heavy atom. The summed E-state index contributed by atoms with van der Waals surface area (Å²) >= 11 is 6.04. The van der Waals surface area contributed by atoms with Gasteiger partial charge in [-0.1, -0.05) is 66.6 Å². The predicted molar refractivity (Wildman–Crippen MR) is 131 cm³/mol. The summed E-state index contributed by atoms with van der Waals surface area (Å²) in [4.78, 5) is 12.8. The standard InChI is InChI=1S/C25H27ClN2O3S/c1-4-24(20-12-8-18(2)9-13-20)27-25(29)21-14-10-19(11-15-21)17-28(32(3,30)31)23-7-5-6-22(26)16-23/h5-16,24H,4,17H2,1-3H3,(H,27,29)/t24-/m1/s1. The molecule has 7 heteroatoms. The third kappa shape index (κ3) is 6.11. The van der Waals surface area contributed by atoms with Crippen molar-refractivity contribution in [2.24, 2.45) is 0 Å². The van der Waals surface area contributed by atoms with Gasteiger partial charge in [-0.2, -0.15) is 0 Å². The Hall–Kier alpha value is -2.83. The second kappa shape index (κ2) is 10.2. The lowest BCUT2D eigenvalue weighted by molar-refractivity contribution is 0.0935. The van der Waals surface area contributed by atoms with Crippen LogP contribution in [-0.2, 0) is 16.6 Å². The molecular formula is C25H27ClN2O3S. The van der Waals surface area contributed by atoms with E-state index in [0.29, 0.717) is 16.3 Å². The van der Waals surface area contributed by atoms with Crippen molar-refractivity contribution in [3.8, 4) is 0 Å². The first kappa shape index (κ1) is 23.8. The van der Waals surface area contributed by atoms with Crippen molar-refractivity contribution in [3.63, 3.8) is 0 Å². The van der Waals surface area contributed by atoms with Crippen LogP contribution in [-0.4, -0.2) is 20.6 Å². The predicted octanol–water partition coefficient (Wildman–Crippen LogP) is 5.50. The van der Waals surface area contributed by atoms with Crippen molar-refractivity contribution in [3.05, 3.63) is 100 Å². The Morgan fingerprint density at radius 3 is 2.25 bits per heavy atom. The summed E-state index contributed by atoms with van der Waals surface area (Å²) in [5.41, 5.74) is 4.01. The molecule has 0 aliphatic carbocycles. The van der Waals surface area contributed by atoms with Gasteiger partial charge in [0.1, 0.15) is 0 Å². The number of anilines is 1. The molecule has 0 aliphatic rings. The molecule has 0 fully saturated rings. The molecule has 0 spiro atoms. The minimum atomic E-state index is -3.52. The van der Waals surface area contributed by atoms with Gasteiger partial charge in [0.15, 0.2) is 0 Å². The summed E-state index contributed by atoms with van der Waals surface area (Å²) in [5.74, 6) is -0.168. The van der Waals surface area contributed by atoms with Crippen molar-refractivity contribution in [2.75, 3.05) is 10.6 Å². The summed E-state index contributed by atoms with van der Waals surface area (Å²) in [6.45, 7) is 4.20. The van der Waals surface area contributed by atoms with Crippen LogP contribution >= 0.6 is 11.6 Å². The molecule has 0 aromatic heterocycles. The van der Waals surface area contributed by atoms with Gasteiger partial charge in [-0.25, -0.2) is 8.42 Å². The molecule has 1 N–H and O–H groups in total. The largest absolute Gasteiger partial charge is 0.345 e. The van der Waals surface area contributed by atoms with Gasteiger partial charge in [0.05, 0.1) is 24.5 Å². The fourth-order valence-corrected chi connectivity index (χ4v) is 4.48. The number of halogens is 1. The highest BCUT2D eigenvalue weighted by molar-refractivity contribution is 7.92. The average Bonchev–Trinajstić information content (AvgIpc) is 2.76. The molecule has 32 heavy (non-hydrogen) atoms. The van der Waals surface area contributed by atoms with E-state index >= 15 is 0 Å². The Balaban J connectivity index is 1.74. The molecule has 5 nitrogen and oxygen atoms in total. The summed E-state index contributed by atoms with van der Waals surface area (Å²) in [6.07, 6.45) is 1.93. The van der Waals surface area contributed by atoms with Gasteiger partial charge in [0.25, 0.3) is 5.91 Å². The number of rotatable bonds is 8. The molecule has 0 saturated heterocycles. The normalized spacial score (nSPS) is 12.2. The summed E-state index contributed by atoms with van der Waals surface area (Å²) in [7, 11) is -3.52. The Labute approximate surface area is 195 Å². The maximum absolute atomic E-state index is 12.8. The number of benzene rings is 3. The smallest absolute Gasteiger partial charge is 0.251 e. The zero-order valence-electron chi connectivity index (χ0n) is 18.4. The molecule has 0 aliphatic heterocycles. The Morgan fingerprint density at radius 1 is 1.03 bits per heavy atom. The van der Waals surface area contributed by atoms with Gasteiger partial charge in [-0.3, -0.25) is 9.10 Å². The fourth-order valence-electron chi connectivity index (χ4n) is 3.42. The van der Waals surface area contributed by atoms with Crippen LogP contribution in [0, 0.1) is 6.92 Å². The van der Waals surface area contributed by atoms with E-state index in [4.69, 9.17) is 11.6 Å². The molecule has 0 bridgehead atoms. The van der Waals surface area contributed by atoms with Crippen LogP contribution < -0.4 is 9.62 Å². The molecule has 0 heterocycles. The minimum absolute atomic E-state index is 0.0775. The Bertz CT molecular complexity index is 1180. The van der Waals surface area contributed by atoms with Gasteiger partial charge in [-0.15, -0.1) is 0 Å². The molecule has 3 rings (SSSR count). The van der Waals surface area contributed by atoms with E-state index in [-0.39, 0.29) is 18.5 Å². The van der Waals surface area contributed by atoms with Crippen molar-refractivity contribution in [1.29, 1.82) is 0 Å². The average molecular weight is 471 g/mol. The van der Waals surface area contributed by atoms with E-state index in [1.54, 1.807) is 48.5 Å². The van der Waals surface area contributed by atoms with Crippen LogP contribution in [0.5, 0.6) is 0 Å². The van der Waals surface area contributed by atoms with E-state index in [1.165, 1.54) is 9.87 Å². The van der Waals surface area contributed by atoms with Crippen LogP contribution in [0.1, 0.15) is 46.4 Å². The number of amides is 1. The number of hydrogen-bond donors (Lipinski definition) is 1. The van der Waals surface area contributed by atoms with Gasteiger partial charge < -0.3 is 5.32 Å². The van der Waals surface area contributed by atoms with Gasteiger partial charge in [0.2, 0.25) is 10.0 Å². The number of carbonyl (C=O) groups excluding carboxylic acids is 1. The van der Waals surface area contributed by atoms with Crippen LogP contribution in [0.25, 0.3) is 0 Å². The fraction of sp³-hybridized carbons (Fsp3) is 0.240. The molecule has 3 aromatic rings. The summed E-state index contributed by atoms with van der Waals surface area (Å²) < 4.78 is 26.0. The van der Waals surface area contributed by atoms with Gasteiger partial charge in [0, 0.05) is 10.6 Å². The van der Waals surface area contributed by atoms with E-state index in [0.717, 1.165) is 23.8 Å². The molecule has 0 radical (unpaired) electrons. The van der Waals surface area contributed by atoms with Gasteiger partial charge in [-0.05, 0) is 54.8 Å². The molecule has 1 amide bonds. The molecule has 168 valence electrons. The zero-order valence-corrected chi connectivity index (χ0v) is 20.0. The zero-order chi connectivity index (χ0) is 23.3. The summed E-state index contributed by atoms with van der Waals surface area (Å²) in [5, 5.41) is 3.54. The van der Waals surface area contributed by atoms with E-state index < -0.39 is 10.0 Å². The lowest BCUT2D eigenvalue weighted by Gasteiger charge is -2.23.